The first kappa shape index (κ1) is 19.8. The van der Waals surface area contributed by atoms with Gasteiger partial charge in [0.25, 0.3) is 5.91 Å². The van der Waals surface area contributed by atoms with E-state index >= 15 is 0 Å². The molecule has 4 rings (SSSR count). The number of thiazole rings is 1. The number of nitrogens with zero attached hydrogens (tertiary/aromatic N) is 1. The third kappa shape index (κ3) is 4.26. The van der Waals surface area contributed by atoms with Gasteiger partial charge in [0.15, 0.2) is 5.76 Å². The molecule has 0 aliphatic rings. The summed E-state index contributed by atoms with van der Waals surface area (Å²) in [5, 5.41) is 6.55. The van der Waals surface area contributed by atoms with Crippen LogP contribution in [0.2, 0.25) is 0 Å². The van der Waals surface area contributed by atoms with E-state index in [1.165, 1.54) is 6.26 Å². The van der Waals surface area contributed by atoms with E-state index in [-0.39, 0.29) is 17.6 Å². The van der Waals surface area contributed by atoms with Crippen LogP contribution in [0.5, 0.6) is 0 Å². The van der Waals surface area contributed by atoms with Gasteiger partial charge in [0.2, 0.25) is 5.91 Å². The minimum Gasteiger partial charge on any atom is -0.459 e. The fraction of sp³-hybridized carbons (Fsp3) is 0.174. The number of carbonyl (C=O) groups is 2. The predicted octanol–water partition coefficient (Wildman–Crippen LogP) is 4.95. The van der Waals surface area contributed by atoms with Crippen LogP contribution in [0.15, 0.2) is 71.3 Å². The Labute approximate surface area is 177 Å². The smallest absolute Gasteiger partial charge is 0.287 e. The van der Waals surface area contributed by atoms with Crippen molar-refractivity contribution in [2.45, 2.75) is 19.9 Å². The third-order valence-electron chi connectivity index (χ3n) is 4.67. The summed E-state index contributed by atoms with van der Waals surface area (Å²) in [7, 11) is 0. The molecule has 2 aromatic heterocycles. The van der Waals surface area contributed by atoms with Gasteiger partial charge in [-0.1, -0.05) is 26.0 Å². The second-order valence-corrected chi connectivity index (χ2v) is 8.26. The van der Waals surface area contributed by atoms with Gasteiger partial charge in [0.1, 0.15) is 11.0 Å². The van der Waals surface area contributed by atoms with Crippen molar-refractivity contribution in [2.75, 3.05) is 5.32 Å². The molecule has 152 valence electrons. The van der Waals surface area contributed by atoms with Crippen molar-refractivity contribution in [3.63, 3.8) is 0 Å². The summed E-state index contributed by atoms with van der Waals surface area (Å²) in [6.07, 6.45) is 1.42. The topological polar surface area (TPSA) is 84.2 Å². The Bertz CT molecular complexity index is 1130. The number of nitrogens with one attached hydrogen (secondary N) is 2. The predicted molar refractivity (Wildman–Crippen MR) is 118 cm³/mol. The highest BCUT2D eigenvalue weighted by Crippen LogP contribution is 2.30. The molecular formula is C23H21N3O3S. The number of benzene rings is 2. The first-order valence-electron chi connectivity index (χ1n) is 9.62. The van der Waals surface area contributed by atoms with E-state index in [4.69, 9.17) is 4.42 Å². The van der Waals surface area contributed by atoms with Crippen LogP contribution in [0.4, 0.5) is 5.69 Å². The van der Waals surface area contributed by atoms with Crippen LogP contribution < -0.4 is 10.6 Å². The molecule has 0 aliphatic heterocycles. The van der Waals surface area contributed by atoms with Gasteiger partial charge in [0.05, 0.1) is 16.5 Å². The van der Waals surface area contributed by atoms with Gasteiger partial charge in [-0.2, -0.15) is 0 Å². The standard InChI is InChI=1S/C23H21N3O3S/c1-14(2)20(26-21(27)18-7-5-13-29-18)22(28)24-16-11-9-15(10-12-16)23-25-17-6-3-4-8-19(17)30-23/h3-14,20H,1-2H3,(H,24,28)(H,26,27). The Morgan fingerprint density at radius 2 is 1.77 bits per heavy atom. The Morgan fingerprint density at radius 3 is 2.43 bits per heavy atom. The second kappa shape index (κ2) is 8.51. The van der Waals surface area contributed by atoms with Crippen LogP contribution in [0.1, 0.15) is 24.4 Å². The Morgan fingerprint density at radius 1 is 1.00 bits per heavy atom. The average Bonchev–Trinajstić information content (AvgIpc) is 3.42. The second-order valence-electron chi connectivity index (χ2n) is 7.23. The van der Waals surface area contributed by atoms with Gasteiger partial charge in [-0.05, 0) is 54.4 Å². The number of fused-ring (bicyclic) bond motifs is 1. The van der Waals surface area contributed by atoms with Crippen molar-refractivity contribution in [3.05, 3.63) is 72.7 Å². The number of anilines is 1. The first-order valence-corrected chi connectivity index (χ1v) is 10.4. The maximum Gasteiger partial charge on any atom is 0.287 e. The minimum atomic E-state index is -0.688. The summed E-state index contributed by atoms with van der Waals surface area (Å²) in [4.78, 5) is 29.7. The molecule has 2 N–H and O–H groups in total. The van der Waals surface area contributed by atoms with E-state index in [2.05, 4.69) is 15.6 Å². The van der Waals surface area contributed by atoms with E-state index in [1.807, 2.05) is 62.4 Å². The van der Waals surface area contributed by atoms with Gasteiger partial charge in [-0.25, -0.2) is 4.98 Å². The van der Waals surface area contributed by atoms with Crippen LogP contribution >= 0.6 is 11.3 Å². The maximum absolute atomic E-state index is 12.8. The van der Waals surface area contributed by atoms with Gasteiger partial charge < -0.3 is 15.1 Å². The fourth-order valence-corrected chi connectivity index (χ4v) is 4.04. The molecule has 0 spiro atoms. The number of aromatic nitrogens is 1. The minimum absolute atomic E-state index is 0.0917. The van der Waals surface area contributed by atoms with E-state index < -0.39 is 11.9 Å². The highest BCUT2D eigenvalue weighted by atomic mass is 32.1. The fourth-order valence-electron chi connectivity index (χ4n) is 3.07. The summed E-state index contributed by atoms with van der Waals surface area (Å²) in [5.74, 6) is -0.614. The number of carbonyl (C=O) groups excluding carboxylic acids is 2. The Balaban J connectivity index is 1.45. The van der Waals surface area contributed by atoms with E-state index in [9.17, 15) is 9.59 Å². The van der Waals surface area contributed by atoms with Gasteiger partial charge in [-0.3, -0.25) is 9.59 Å². The van der Waals surface area contributed by atoms with Crippen molar-refractivity contribution in [3.8, 4) is 10.6 Å². The lowest BCUT2D eigenvalue weighted by molar-refractivity contribution is -0.118. The number of hydrogen-bond donors (Lipinski definition) is 2. The summed E-state index contributed by atoms with van der Waals surface area (Å²) in [6.45, 7) is 3.76. The molecule has 0 saturated carbocycles. The Kier molecular flexibility index (Phi) is 5.63. The molecule has 0 fully saturated rings. The van der Waals surface area contributed by atoms with Crippen LogP contribution in [0.25, 0.3) is 20.8 Å². The van der Waals surface area contributed by atoms with Crippen LogP contribution in [0, 0.1) is 5.92 Å². The van der Waals surface area contributed by atoms with Crippen LogP contribution in [-0.4, -0.2) is 22.8 Å². The highest BCUT2D eigenvalue weighted by Gasteiger charge is 2.25. The van der Waals surface area contributed by atoms with Crippen molar-refractivity contribution < 1.29 is 14.0 Å². The number of amides is 2. The molecule has 0 bridgehead atoms. The molecule has 6 nitrogen and oxygen atoms in total. The van der Waals surface area contributed by atoms with E-state index in [1.54, 1.807) is 23.5 Å². The highest BCUT2D eigenvalue weighted by molar-refractivity contribution is 7.21. The van der Waals surface area contributed by atoms with Gasteiger partial charge in [-0.15, -0.1) is 11.3 Å². The molecule has 0 aliphatic carbocycles. The molecule has 0 radical (unpaired) electrons. The number of rotatable bonds is 6. The summed E-state index contributed by atoms with van der Waals surface area (Å²) in [5.41, 5.74) is 2.62. The normalized spacial score (nSPS) is 12.1. The SMILES string of the molecule is CC(C)C(NC(=O)c1ccco1)C(=O)Nc1ccc(-c2nc3ccccc3s2)cc1. The van der Waals surface area contributed by atoms with Crippen molar-refractivity contribution in [1.82, 2.24) is 10.3 Å². The lowest BCUT2D eigenvalue weighted by Crippen LogP contribution is -2.47. The molecule has 2 aromatic carbocycles. The van der Waals surface area contributed by atoms with Crippen molar-refractivity contribution >= 4 is 39.1 Å². The number of furan rings is 1. The molecule has 2 amide bonds. The maximum atomic E-state index is 12.8. The zero-order valence-electron chi connectivity index (χ0n) is 16.6. The summed E-state index contributed by atoms with van der Waals surface area (Å²) < 4.78 is 6.24. The van der Waals surface area contributed by atoms with Gasteiger partial charge >= 0.3 is 0 Å². The lowest BCUT2D eigenvalue weighted by Gasteiger charge is -2.21. The molecule has 1 unspecified atom stereocenters. The van der Waals surface area contributed by atoms with Crippen LogP contribution in [0.3, 0.4) is 0 Å². The van der Waals surface area contributed by atoms with Gasteiger partial charge in [0, 0.05) is 11.3 Å². The molecule has 0 saturated heterocycles. The average molecular weight is 420 g/mol. The first-order chi connectivity index (χ1) is 14.5. The summed E-state index contributed by atoms with van der Waals surface area (Å²) in [6, 6.07) is 18.1. The van der Waals surface area contributed by atoms with E-state index in [0.29, 0.717) is 5.69 Å². The molecule has 1 atom stereocenters. The zero-order valence-corrected chi connectivity index (χ0v) is 17.4. The molecular weight excluding hydrogens is 398 g/mol. The third-order valence-corrected chi connectivity index (χ3v) is 5.76. The monoisotopic (exact) mass is 419 g/mol. The van der Waals surface area contributed by atoms with E-state index in [0.717, 1.165) is 20.8 Å². The lowest BCUT2D eigenvalue weighted by atomic mass is 10.0. The quantitative estimate of drug-likeness (QED) is 0.463. The van der Waals surface area contributed by atoms with Crippen molar-refractivity contribution in [2.24, 2.45) is 5.92 Å². The molecule has 7 heteroatoms. The Hall–Kier alpha value is -3.45. The molecule has 30 heavy (non-hydrogen) atoms. The zero-order chi connectivity index (χ0) is 21.1. The molecule has 4 aromatic rings. The van der Waals surface area contributed by atoms with Crippen molar-refractivity contribution in [1.29, 1.82) is 0 Å². The molecule has 2 heterocycles. The van der Waals surface area contributed by atoms with Crippen LogP contribution in [-0.2, 0) is 4.79 Å². The largest absolute Gasteiger partial charge is 0.459 e. The summed E-state index contributed by atoms with van der Waals surface area (Å²) >= 11 is 1.63. The number of para-hydroxylation sites is 1. The number of hydrogen-bond acceptors (Lipinski definition) is 5.